The van der Waals surface area contributed by atoms with E-state index in [1.165, 1.54) is 11.1 Å². The molecule has 2 atom stereocenters. The van der Waals surface area contributed by atoms with Crippen LogP contribution in [-0.2, 0) is 0 Å². The van der Waals surface area contributed by atoms with E-state index in [0.29, 0.717) is 17.3 Å². The van der Waals surface area contributed by atoms with Gasteiger partial charge in [0, 0.05) is 10.9 Å². The first kappa shape index (κ1) is 11.3. The lowest BCUT2D eigenvalue weighted by atomic mass is 10.0. The summed E-state index contributed by atoms with van der Waals surface area (Å²) in [6.45, 7) is 6.59. The summed E-state index contributed by atoms with van der Waals surface area (Å²) in [6.07, 6.45) is 0. The van der Waals surface area contributed by atoms with E-state index in [4.69, 9.17) is 23.2 Å². The number of benzene rings is 1. The number of alkyl halides is 1. The smallest absolute Gasteiger partial charge is 0.0443 e. The van der Waals surface area contributed by atoms with Gasteiger partial charge in [-0.3, -0.25) is 0 Å². The van der Waals surface area contributed by atoms with Crippen LogP contribution < -0.4 is 0 Å². The number of halogens is 2. The molecule has 1 aliphatic carbocycles. The summed E-state index contributed by atoms with van der Waals surface area (Å²) in [5.74, 6) is 1.82. The number of hydrogen-bond donors (Lipinski definition) is 0. The van der Waals surface area contributed by atoms with Crippen molar-refractivity contribution in [3.8, 4) is 0 Å². The summed E-state index contributed by atoms with van der Waals surface area (Å²) in [5, 5.41) is 0.890. The average molecular weight is 243 g/mol. The monoisotopic (exact) mass is 242 g/mol. The molecule has 2 heteroatoms. The van der Waals surface area contributed by atoms with Gasteiger partial charge in [0.1, 0.15) is 0 Å². The van der Waals surface area contributed by atoms with Gasteiger partial charge in [-0.15, -0.1) is 11.6 Å². The van der Waals surface area contributed by atoms with E-state index < -0.39 is 0 Å². The summed E-state index contributed by atoms with van der Waals surface area (Å²) in [5.41, 5.74) is 2.78. The zero-order valence-electron chi connectivity index (χ0n) is 9.35. The van der Waals surface area contributed by atoms with Crippen molar-refractivity contribution in [2.75, 3.05) is 5.88 Å². The summed E-state index contributed by atoms with van der Waals surface area (Å²) in [7, 11) is 0. The second kappa shape index (κ2) is 3.68. The van der Waals surface area contributed by atoms with E-state index in [-0.39, 0.29) is 0 Å². The topological polar surface area (TPSA) is 0 Å². The summed E-state index contributed by atoms with van der Waals surface area (Å²) < 4.78 is 0. The van der Waals surface area contributed by atoms with Gasteiger partial charge in [0.15, 0.2) is 0 Å². The van der Waals surface area contributed by atoms with Gasteiger partial charge >= 0.3 is 0 Å². The van der Waals surface area contributed by atoms with Crippen LogP contribution in [0.25, 0.3) is 0 Å². The van der Waals surface area contributed by atoms with Gasteiger partial charge < -0.3 is 0 Å². The quantitative estimate of drug-likeness (QED) is 0.664. The van der Waals surface area contributed by atoms with Crippen molar-refractivity contribution in [2.24, 2.45) is 11.3 Å². The third-order valence-corrected chi connectivity index (χ3v) is 4.37. The lowest BCUT2D eigenvalue weighted by Gasteiger charge is -2.06. The minimum absolute atomic E-state index is 0.306. The van der Waals surface area contributed by atoms with Gasteiger partial charge in [0.05, 0.1) is 0 Å². The van der Waals surface area contributed by atoms with Gasteiger partial charge in [0.2, 0.25) is 0 Å². The molecule has 2 unspecified atom stereocenters. The fourth-order valence-corrected chi connectivity index (χ4v) is 3.46. The Kier molecular flexibility index (Phi) is 2.77. The van der Waals surface area contributed by atoms with Crippen molar-refractivity contribution < 1.29 is 0 Å². The Morgan fingerprint density at radius 2 is 2.00 bits per heavy atom. The van der Waals surface area contributed by atoms with Crippen LogP contribution in [-0.4, -0.2) is 5.88 Å². The first-order valence-electron chi connectivity index (χ1n) is 5.30. The van der Waals surface area contributed by atoms with Crippen LogP contribution in [0.15, 0.2) is 18.2 Å². The summed E-state index contributed by atoms with van der Waals surface area (Å²) in [6, 6.07) is 6.31. The normalized spacial score (nSPS) is 27.8. The van der Waals surface area contributed by atoms with Crippen molar-refractivity contribution in [2.45, 2.75) is 26.7 Å². The molecular formula is C13H16Cl2. The molecule has 0 bridgehead atoms. The highest BCUT2D eigenvalue weighted by molar-refractivity contribution is 6.31. The van der Waals surface area contributed by atoms with Crippen LogP contribution >= 0.6 is 23.2 Å². The molecule has 0 heterocycles. The molecule has 0 aliphatic heterocycles. The second-order valence-corrected chi connectivity index (χ2v) is 5.80. The molecule has 0 spiro atoms. The van der Waals surface area contributed by atoms with Crippen molar-refractivity contribution in [1.82, 2.24) is 0 Å². The van der Waals surface area contributed by atoms with Crippen molar-refractivity contribution in [1.29, 1.82) is 0 Å². The van der Waals surface area contributed by atoms with E-state index in [1.807, 2.05) is 6.07 Å². The Bertz CT molecular complexity index is 382. The first-order valence-corrected chi connectivity index (χ1v) is 6.21. The van der Waals surface area contributed by atoms with Crippen molar-refractivity contribution in [3.63, 3.8) is 0 Å². The van der Waals surface area contributed by atoms with E-state index in [1.54, 1.807) is 0 Å². The molecule has 1 fully saturated rings. The molecule has 2 rings (SSSR count). The Morgan fingerprint density at radius 3 is 2.47 bits per heavy atom. The Hall–Kier alpha value is -0.200. The highest BCUT2D eigenvalue weighted by atomic mass is 35.5. The number of aryl methyl sites for hydroxylation is 1. The van der Waals surface area contributed by atoms with Crippen LogP contribution in [0.2, 0.25) is 5.02 Å². The lowest BCUT2D eigenvalue weighted by molar-refractivity contribution is 0.577. The molecule has 0 aromatic heterocycles. The molecule has 0 nitrogen and oxygen atoms in total. The molecule has 82 valence electrons. The molecule has 15 heavy (non-hydrogen) atoms. The predicted octanol–water partition coefficient (Wildman–Crippen LogP) is 4.63. The second-order valence-electron chi connectivity index (χ2n) is 5.08. The summed E-state index contributed by atoms with van der Waals surface area (Å²) >= 11 is 12.2. The molecule has 1 aliphatic rings. The predicted molar refractivity (Wildman–Crippen MR) is 66.9 cm³/mol. The van der Waals surface area contributed by atoms with Crippen LogP contribution in [0, 0.1) is 18.3 Å². The molecule has 0 N–H and O–H groups in total. The third-order valence-electron chi connectivity index (χ3n) is 3.71. The SMILES string of the molecule is Cc1ccc(C2C(CCl)C2(C)C)c(Cl)c1. The first-order chi connectivity index (χ1) is 6.98. The van der Waals surface area contributed by atoms with Crippen LogP contribution in [0.5, 0.6) is 0 Å². The molecule has 1 aromatic rings. The van der Waals surface area contributed by atoms with Gasteiger partial charge in [-0.1, -0.05) is 37.6 Å². The van der Waals surface area contributed by atoms with Gasteiger partial charge in [0.25, 0.3) is 0 Å². The number of hydrogen-bond acceptors (Lipinski definition) is 0. The Labute approximate surface area is 102 Å². The molecular weight excluding hydrogens is 227 g/mol. The maximum atomic E-state index is 6.27. The number of rotatable bonds is 2. The largest absolute Gasteiger partial charge is 0.126 e. The molecule has 0 amide bonds. The molecule has 1 aromatic carbocycles. The zero-order valence-corrected chi connectivity index (χ0v) is 10.9. The minimum Gasteiger partial charge on any atom is -0.126 e. The van der Waals surface area contributed by atoms with Crippen molar-refractivity contribution in [3.05, 3.63) is 34.3 Å². The van der Waals surface area contributed by atoms with E-state index in [2.05, 4.69) is 32.9 Å². The van der Waals surface area contributed by atoms with Gasteiger partial charge in [-0.25, -0.2) is 0 Å². The van der Waals surface area contributed by atoms with Crippen molar-refractivity contribution >= 4 is 23.2 Å². The fraction of sp³-hybridized carbons (Fsp3) is 0.538. The van der Waals surface area contributed by atoms with Gasteiger partial charge in [-0.05, 0) is 41.4 Å². The van der Waals surface area contributed by atoms with Crippen LogP contribution in [0.1, 0.15) is 30.9 Å². The molecule has 0 saturated heterocycles. The zero-order chi connectivity index (χ0) is 11.2. The Balaban J connectivity index is 2.33. The maximum Gasteiger partial charge on any atom is 0.0443 e. The fourth-order valence-electron chi connectivity index (χ4n) is 2.53. The third kappa shape index (κ3) is 1.79. The molecule has 0 radical (unpaired) electrons. The van der Waals surface area contributed by atoms with Crippen LogP contribution in [0.4, 0.5) is 0 Å². The molecule has 1 saturated carbocycles. The standard InChI is InChI=1S/C13H16Cl2/c1-8-4-5-9(11(15)6-8)12-10(7-14)13(12,2)3/h4-6,10,12H,7H2,1-3H3. The maximum absolute atomic E-state index is 6.27. The highest BCUT2D eigenvalue weighted by Gasteiger charge is 2.57. The summed E-state index contributed by atoms with van der Waals surface area (Å²) in [4.78, 5) is 0. The average Bonchev–Trinajstić information content (AvgIpc) is 2.68. The Morgan fingerprint density at radius 1 is 1.33 bits per heavy atom. The van der Waals surface area contributed by atoms with Crippen LogP contribution in [0.3, 0.4) is 0 Å². The minimum atomic E-state index is 0.306. The van der Waals surface area contributed by atoms with Gasteiger partial charge in [-0.2, -0.15) is 0 Å². The van der Waals surface area contributed by atoms with E-state index in [9.17, 15) is 0 Å². The van der Waals surface area contributed by atoms with E-state index >= 15 is 0 Å². The van der Waals surface area contributed by atoms with E-state index in [0.717, 1.165) is 10.9 Å². The lowest BCUT2D eigenvalue weighted by Crippen LogP contribution is -1.91. The highest BCUT2D eigenvalue weighted by Crippen LogP contribution is 2.65.